The molecule has 1 saturated heterocycles. The van der Waals surface area contributed by atoms with E-state index in [-0.39, 0.29) is 0 Å². The molecule has 164 valence electrons. The average molecular weight is 416 g/mol. The molecule has 0 saturated carbocycles. The van der Waals surface area contributed by atoms with E-state index < -0.39 is 5.60 Å². The van der Waals surface area contributed by atoms with Gasteiger partial charge >= 0.3 is 0 Å². The van der Waals surface area contributed by atoms with Gasteiger partial charge in [-0.1, -0.05) is 6.07 Å². The van der Waals surface area contributed by atoms with Crippen molar-refractivity contribution in [3.05, 3.63) is 42.2 Å². The number of nitrogens with one attached hydrogen (secondary N) is 1. The zero-order chi connectivity index (χ0) is 21.4. The smallest absolute Gasteiger partial charge is 0.225 e. The summed E-state index contributed by atoms with van der Waals surface area (Å²) in [5.74, 6) is 2.15. The van der Waals surface area contributed by atoms with Gasteiger partial charge < -0.3 is 29.7 Å². The summed E-state index contributed by atoms with van der Waals surface area (Å²) in [7, 11) is 5.76. The summed E-state index contributed by atoms with van der Waals surface area (Å²) >= 11 is 0. The third-order valence-corrected chi connectivity index (χ3v) is 5.19. The van der Waals surface area contributed by atoms with Crippen molar-refractivity contribution in [2.24, 2.45) is 0 Å². The zero-order valence-corrected chi connectivity index (χ0v) is 18.2. The second kappa shape index (κ2) is 10.6. The summed E-state index contributed by atoms with van der Waals surface area (Å²) in [5, 5.41) is 14.3. The first-order valence-electron chi connectivity index (χ1n) is 10.4. The van der Waals surface area contributed by atoms with Gasteiger partial charge in [0.1, 0.15) is 0 Å². The Morgan fingerprint density at radius 1 is 1.23 bits per heavy atom. The van der Waals surface area contributed by atoms with Gasteiger partial charge in [-0.3, -0.25) is 0 Å². The Morgan fingerprint density at radius 2 is 2.03 bits per heavy atom. The predicted molar refractivity (Wildman–Crippen MR) is 117 cm³/mol. The lowest BCUT2D eigenvalue weighted by Gasteiger charge is -2.24. The molecule has 1 aliphatic rings. The van der Waals surface area contributed by atoms with Crippen molar-refractivity contribution in [3.63, 3.8) is 0 Å². The maximum atomic E-state index is 10.9. The molecule has 0 bridgehead atoms. The molecule has 0 spiro atoms. The van der Waals surface area contributed by atoms with Gasteiger partial charge in [0.05, 0.1) is 25.9 Å². The Bertz CT molecular complexity index is 790. The van der Waals surface area contributed by atoms with E-state index in [4.69, 9.17) is 9.47 Å². The van der Waals surface area contributed by atoms with Crippen molar-refractivity contribution in [1.82, 2.24) is 20.2 Å². The number of aromatic nitrogens is 2. The van der Waals surface area contributed by atoms with Crippen LogP contribution in [0, 0.1) is 0 Å². The van der Waals surface area contributed by atoms with Crippen LogP contribution in [0.3, 0.4) is 0 Å². The quantitative estimate of drug-likeness (QED) is 0.535. The fraction of sp³-hybridized carbons (Fsp3) is 0.545. The van der Waals surface area contributed by atoms with Crippen LogP contribution in [0.4, 0.5) is 5.95 Å². The minimum Gasteiger partial charge on any atom is -0.493 e. The number of nitrogens with zero attached hydrogens (tertiary/aromatic N) is 4. The van der Waals surface area contributed by atoms with Crippen molar-refractivity contribution in [2.75, 3.05) is 58.9 Å². The number of β-amino-alcohol motifs (C(OH)–C–C–N with tert-alkyl or cyclic N) is 1. The second-order valence-electron chi connectivity index (χ2n) is 8.04. The van der Waals surface area contributed by atoms with Crippen molar-refractivity contribution in [1.29, 1.82) is 0 Å². The first-order chi connectivity index (χ1) is 14.5. The highest BCUT2D eigenvalue weighted by Crippen LogP contribution is 2.28. The summed E-state index contributed by atoms with van der Waals surface area (Å²) in [5.41, 5.74) is 0.288. The average Bonchev–Trinajstić information content (AvgIpc) is 3.14. The molecule has 2 N–H and O–H groups in total. The topological polar surface area (TPSA) is 83.0 Å². The lowest BCUT2D eigenvalue weighted by molar-refractivity contribution is 0.0626. The fourth-order valence-electron chi connectivity index (χ4n) is 3.57. The molecule has 0 amide bonds. The summed E-state index contributed by atoms with van der Waals surface area (Å²) in [6.07, 6.45) is 5.09. The number of benzene rings is 1. The molecular weight excluding hydrogens is 382 g/mol. The zero-order valence-electron chi connectivity index (χ0n) is 18.2. The van der Waals surface area contributed by atoms with Crippen LogP contribution < -0.4 is 19.7 Å². The number of ether oxygens (including phenoxy) is 2. The van der Waals surface area contributed by atoms with Crippen molar-refractivity contribution in [3.8, 4) is 11.5 Å². The maximum Gasteiger partial charge on any atom is 0.225 e. The number of aliphatic hydroxyl groups is 1. The fourth-order valence-corrected chi connectivity index (χ4v) is 3.57. The minimum atomic E-state index is -0.793. The normalized spacial score (nSPS) is 18.8. The van der Waals surface area contributed by atoms with E-state index in [2.05, 4.69) is 34.3 Å². The van der Waals surface area contributed by atoms with E-state index in [1.807, 2.05) is 23.1 Å². The van der Waals surface area contributed by atoms with E-state index >= 15 is 0 Å². The summed E-state index contributed by atoms with van der Waals surface area (Å²) in [6.45, 7) is 4.05. The van der Waals surface area contributed by atoms with E-state index in [0.29, 0.717) is 38.6 Å². The summed E-state index contributed by atoms with van der Waals surface area (Å²) in [6, 6.07) is 7.75. The number of rotatable bonds is 11. The van der Waals surface area contributed by atoms with Crippen molar-refractivity contribution >= 4 is 5.95 Å². The molecule has 8 nitrogen and oxygen atoms in total. The van der Waals surface area contributed by atoms with E-state index in [9.17, 15) is 5.11 Å². The molecule has 1 aliphatic heterocycles. The van der Waals surface area contributed by atoms with Crippen LogP contribution in [-0.2, 0) is 6.54 Å². The minimum absolute atomic E-state index is 0.501. The molecule has 1 aromatic heterocycles. The third kappa shape index (κ3) is 6.29. The highest BCUT2D eigenvalue weighted by atomic mass is 16.5. The first kappa shape index (κ1) is 22.3. The molecule has 2 heterocycles. The number of methoxy groups -OCH3 is 1. The second-order valence-corrected chi connectivity index (χ2v) is 8.04. The number of hydrogen-bond donors (Lipinski definition) is 2. The largest absolute Gasteiger partial charge is 0.493 e. The molecule has 8 heteroatoms. The Balaban J connectivity index is 1.47. The van der Waals surface area contributed by atoms with Gasteiger partial charge in [-0.05, 0) is 50.7 Å². The summed E-state index contributed by atoms with van der Waals surface area (Å²) in [4.78, 5) is 12.7. The Hall–Kier alpha value is -2.42. The van der Waals surface area contributed by atoms with Crippen molar-refractivity contribution < 1.29 is 14.6 Å². The molecule has 0 aliphatic carbocycles. The van der Waals surface area contributed by atoms with Gasteiger partial charge in [-0.25, -0.2) is 9.97 Å². The molecule has 1 fully saturated rings. The van der Waals surface area contributed by atoms with Crippen LogP contribution >= 0.6 is 0 Å². The highest BCUT2D eigenvalue weighted by Gasteiger charge is 2.36. The highest BCUT2D eigenvalue weighted by molar-refractivity contribution is 5.43. The van der Waals surface area contributed by atoms with E-state index in [0.717, 1.165) is 36.6 Å². The van der Waals surface area contributed by atoms with Gasteiger partial charge in [0, 0.05) is 38.6 Å². The Kier molecular flexibility index (Phi) is 7.84. The van der Waals surface area contributed by atoms with E-state index in [1.165, 1.54) is 0 Å². The van der Waals surface area contributed by atoms with Crippen LogP contribution in [0.15, 0.2) is 36.7 Å². The summed E-state index contributed by atoms with van der Waals surface area (Å²) < 4.78 is 11.4. The van der Waals surface area contributed by atoms with Gasteiger partial charge in [0.15, 0.2) is 11.5 Å². The van der Waals surface area contributed by atoms with Crippen LogP contribution in [0.2, 0.25) is 0 Å². The lowest BCUT2D eigenvalue weighted by Crippen LogP contribution is -2.43. The molecule has 30 heavy (non-hydrogen) atoms. The Morgan fingerprint density at radius 3 is 2.77 bits per heavy atom. The van der Waals surface area contributed by atoms with Crippen LogP contribution in [0.5, 0.6) is 11.5 Å². The lowest BCUT2D eigenvalue weighted by atomic mass is 10.0. The van der Waals surface area contributed by atoms with Crippen LogP contribution in [0.25, 0.3) is 0 Å². The molecular formula is C22H33N5O3. The van der Waals surface area contributed by atoms with E-state index in [1.54, 1.807) is 25.6 Å². The van der Waals surface area contributed by atoms with Gasteiger partial charge in [-0.2, -0.15) is 0 Å². The van der Waals surface area contributed by atoms with Gasteiger partial charge in [0.25, 0.3) is 0 Å². The molecule has 3 rings (SSSR count). The third-order valence-electron chi connectivity index (χ3n) is 5.19. The van der Waals surface area contributed by atoms with Gasteiger partial charge in [-0.15, -0.1) is 0 Å². The number of anilines is 1. The standard InChI is InChI=1S/C22H33N5O3/c1-26(2)11-5-13-30-19-7-6-18(14-20(19)29-3)15-23-16-22(28)8-12-27(17-22)21-24-9-4-10-25-21/h4,6-7,9-10,14,23,28H,5,8,11-13,15-17H2,1-3H3. The molecule has 0 radical (unpaired) electrons. The van der Waals surface area contributed by atoms with Crippen LogP contribution in [0.1, 0.15) is 18.4 Å². The maximum absolute atomic E-state index is 10.9. The molecule has 1 unspecified atom stereocenters. The molecule has 1 atom stereocenters. The van der Waals surface area contributed by atoms with Crippen molar-refractivity contribution in [2.45, 2.75) is 25.0 Å². The monoisotopic (exact) mass is 415 g/mol. The molecule has 1 aromatic carbocycles. The first-order valence-corrected chi connectivity index (χ1v) is 10.4. The van der Waals surface area contributed by atoms with Crippen LogP contribution in [-0.4, -0.2) is 79.6 Å². The number of hydrogen-bond acceptors (Lipinski definition) is 8. The predicted octanol–water partition coefficient (Wildman–Crippen LogP) is 1.55. The molecule has 2 aromatic rings. The Labute approximate surface area is 178 Å². The van der Waals surface area contributed by atoms with Gasteiger partial charge in [0.2, 0.25) is 5.95 Å². The SMILES string of the molecule is COc1cc(CNCC2(O)CCN(c3ncccn3)C2)ccc1OCCCN(C)C.